The van der Waals surface area contributed by atoms with Crippen LogP contribution in [0.4, 0.5) is 0 Å². The molecule has 2 N–H and O–H groups in total. The number of amides is 1. The molecule has 31 heavy (non-hydrogen) atoms. The number of benzene rings is 1. The molecule has 1 aliphatic rings. The largest absolute Gasteiger partial charge is 0.469 e. The van der Waals surface area contributed by atoms with Crippen LogP contribution in [0.15, 0.2) is 58.1 Å². The number of nitrogens with zero attached hydrogens (tertiary/aromatic N) is 3. The molecule has 1 amide bonds. The fraction of sp³-hybridized carbons (Fsp3) is 0.478. The topological polar surface area (TPSA) is 73.1 Å². The zero-order valence-electron chi connectivity index (χ0n) is 18.4. The molecule has 1 saturated heterocycles. The van der Waals surface area contributed by atoms with E-state index in [1.54, 1.807) is 25.3 Å². The first-order valence-electron chi connectivity index (χ1n) is 10.6. The Labute approximate surface area is 202 Å². The second-order valence-corrected chi connectivity index (χ2v) is 7.84. The molecule has 1 aromatic heterocycles. The van der Waals surface area contributed by atoms with Crippen molar-refractivity contribution in [3.05, 3.63) is 60.1 Å². The number of halogens is 1. The van der Waals surface area contributed by atoms with Crippen molar-refractivity contribution in [1.29, 1.82) is 0 Å². The van der Waals surface area contributed by atoms with Gasteiger partial charge in [-0.2, -0.15) is 0 Å². The Morgan fingerprint density at radius 1 is 1.19 bits per heavy atom. The Morgan fingerprint density at radius 2 is 2.00 bits per heavy atom. The molecule has 1 aliphatic heterocycles. The van der Waals surface area contributed by atoms with Gasteiger partial charge in [-0.3, -0.25) is 9.69 Å². The second-order valence-electron chi connectivity index (χ2n) is 7.84. The van der Waals surface area contributed by atoms with Gasteiger partial charge in [-0.15, -0.1) is 24.0 Å². The van der Waals surface area contributed by atoms with Gasteiger partial charge in [0.25, 0.3) is 0 Å². The van der Waals surface area contributed by atoms with Gasteiger partial charge in [0.15, 0.2) is 5.96 Å². The van der Waals surface area contributed by atoms with Crippen LogP contribution in [-0.4, -0.2) is 68.0 Å². The zero-order valence-corrected chi connectivity index (χ0v) is 20.7. The van der Waals surface area contributed by atoms with Crippen LogP contribution in [0, 0.1) is 0 Å². The summed E-state index contributed by atoms with van der Waals surface area (Å²) in [7, 11) is 3.49. The molecule has 0 bridgehead atoms. The van der Waals surface area contributed by atoms with E-state index in [1.165, 1.54) is 12.0 Å². The van der Waals surface area contributed by atoms with Gasteiger partial charge in [0.05, 0.1) is 6.26 Å². The number of hydrogen-bond donors (Lipinski definition) is 2. The summed E-state index contributed by atoms with van der Waals surface area (Å²) in [4.78, 5) is 20.5. The van der Waals surface area contributed by atoms with Crippen LogP contribution >= 0.6 is 24.0 Å². The van der Waals surface area contributed by atoms with Gasteiger partial charge in [0.2, 0.25) is 5.91 Å². The lowest BCUT2D eigenvalue weighted by Gasteiger charge is -2.25. The SMILES string of the molecule is CN(C)C(=O)CN=C(NCCc1ccco1)NCC1CCCN1Cc1ccccc1.I. The van der Waals surface area contributed by atoms with Crippen LogP contribution in [0.2, 0.25) is 0 Å². The molecule has 2 aromatic rings. The Hall–Kier alpha value is -2.07. The minimum Gasteiger partial charge on any atom is -0.469 e. The maximum Gasteiger partial charge on any atom is 0.243 e. The van der Waals surface area contributed by atoms with Crippen molar-refractivity contribution in [2.75, 3.05) is 40.3 Å². The standard InChI is InChI=1S/C23H33N5O2.HI/c1-27(2)22(29)17-26-23(24-13-12-21-11-7-15-30-21)25-16-20-10-6-14-28(20)18-19-8-4-3-5-9-19;/h3-5,7-9,11,15,20H,6,10,12-14,16-18H2,1-2H3,(H2,24,25,26);1H. The number of likely N-dealkylation sites (N-methyl/N-ethyl adjacent to an activating group) is 1. The van der Waals surface area contributed by atoms with Crippen molar-refractivity contribution in [1.82, 2.24) is 20.4 Å². The van der Waals surface area contributed by atoms with Crippen molar-refractivity contribution in [3.63, 3.8) is 0 Å². The van der Waals surface area contributed by atoms with Crippen LogP contribution in [0.25, 0.3) is 0 Å². The average Bonchev–Trinajstić information content (AvgIpc) is 3.42. The van der Waals surface area contributed by atoms with E-state index < -0.39 is 0 Å². The van der Waals surface area contributed by atoms with Gasteiger partial charge in [0.1, 0.15) is 12.3 Å². The van der Waals surface area contributed by atoms with Gasteiger partial charge in [-0.25, -0.2) is 4.99 Å². The molecule has 0 radical (unpaired) electrons. The third kappa shape index (κ3) is 8.53. The van der Waals surface area contributed by atoms with E-state index in [9.17, 15) is 4.79 Å². The summed E-state index contributed by atoms with van der Waals surface area (Å²) in [6.07, 6.45) is 4.81. The number of guanidine groups is 1. The third-order valence-corrected chi connectivity index (χ3v) is 5.35. The fourth-order valence-electron chi connectivity index (χ4n) is 3.59. The molecule has 0 spiro atoms. The van der Waals surface area contributed by atoms with Crippen LogP contribution in [0.5, 0.6) is 0 Å². The van der Waals surface area contributed by atoms with Gasteiger partial charge in [-0.1, -0.05) is 30.3 Å². The van der Waals surface area contributed by atoms with Gasteiger partial charge in [-0.05, 0) is 37.1 Å². The number of furan rings is 1. The molecular weight excluding hydrogens is 505 g/mol. The molecule has 0 aliphatic carbocycles. The number of carbonyl (C=O) groups excluding carboxylic acids is 1. The van der Waals surface area contributed by atoms with Crippen molar-refractivity contribution in [2.24, 2.45) is 4.99 Å². The number of hydrogen-bond acceptors (Lipinski definition) is 4. The quantitative estimate of drug-likeness (QED) is 0.292. The Balaban J connectivity index is 0.00000341. The monoisotopic (exact) mass is 539 g/mol. The van der Waals surface area contributed by atoms with E-state index in [4.69, 9.17) is 4.42 Å². The van der Waals surface area contributed by atoms with Crippen molar-refractivity contribution >= 4 is 35.8 Å². The summed E-state index contributed by atoms with van der Waals surface area (Å²) in [6, 6.07) is 14.9. The second kappa shape index (κ2) is 13.4. The molecule has 170 valence electrons. The van der Waals surface area contributed by atoms with Crippen molar-refractivity contribution in [3.8, 4) is 0 Å². The lowest BCUT2D eigenvalue weighted by molar-refractivity contribution is -0.127. The lowest BCUT2D eigenvalue weighted by atomic mass is 10.2. The summed E-state index contributed by atoms with van der Waals surface area (Å²) in [5.41, 5.74) is 1.34. The Kier molecular flexibility index (Phi) is 10.9. The smallest absolute Gasteiger partial charge is 0.243 e. The molecule has 1 fully saturated rings. The summed E-state index contributed by atoms with van der Waals surface area (Å²) in [5.74, 6) is 1.58. The first-order chi connectivity index (χ1) is 14.6. The summed E-state index contributed by atoms with van der Waals surface area (Å²) in [6.45, 7) is 3.69. The highest BCUT2D eigenvalue weighted by atomic mass is 127. The normalized spacial score (nSPS) is 16.6. The van der Waals surface area contributed by atoms with Crippen LogP contribution < -0.4 is 10.6 Å². The minimum absolute atomic E-state index is 0. The molecular formula is C23H34IN5O2. The molecule has 3 rings (SSSR count). The van der Waals surface area contributed by atoms with E-state index in [0.717, 1.165) is 38.2 Å². The fourth-order valence-corrected chi connectivity index (χ4v) is 3.59. The molecule has 1 atom stereocenters. The maximum absolute atomic E-state index is 12.0. The Morgan fingerprint density at radius 3 is 2.71 bits per heavy atom. The van der Waals surface area contributed by atoms with Crippen molar-refractivity contribution in [2.45, 2.75) is 31.8 Å². The number of rotatable bonds is 9. The van der Waals surface area contributed by atoms with E-state index in [-0.39, 0.29) is 36.4 Å². The maximum atomic E-state index is 12.0. The van der Waals surface area contributed by atoms with E-state index in [2.05, 4.69) is 50.9 Å². The van der Waals surface area contributed by atoms with Gasteiger partial charge < -0.3 is 20.0 Å². The number of aliphatic imine (C=N–C) groups is 1. The molecule has 0 saturated carbocycles. The first-order valence-corrected chi connectivity index (χ1v) is 10.6. The van der Waals surface area contributed by atoms with Gasteiger partial charge in [0, 0.05) is 46.2 Å². The molecule has 1 aromatic carbocycles. The summed E-state index contributed by atoms with van der Waals surface area (Å²) >= 11 is 0. The molecule has 8 heteroatoms. The van der Waals surface area contributed by atoms with Gasteiger partial charge >= 0.3 is 0 Å². The number of nitrogens with one attached hydrogen (secondary N) is 2. The average molecular weight is 539 g/mol. The highest BCUT2D eigenvalue weighted by Gasteiger charge is 2.24. The number of carbonyl (C=O) groups is 1. The zero-order chi connectivity index (χ0) is 21.2. The first kappa shape index (κ1) is 25.2. The predicted octanol–water partition coefficient (Wildman–Crippen LogP) is 2.73. The highest BCUT2D eigenvalue weighted by molar-refractivity contribution is 14.0. The molecule has 7 nitrogen and oxygen atoms in total. The third-order valence-electron chi connectivity index (χ3n) is 5.35. The van der Waals surface area contributed by atoms with E-state index >= 15 is 0 Å². The highest BCUT2D eigenvalue weighted by Crippen LogP contribution is 2.19. The molecule has 2 heterocycles. The Bertz CT molecular complexity index is 796. The molecule has 1 unspecified atom stereocenters. The minimum atomic E-state index is -0.0197. The van der Waals surface area contributed by atoms with E-state index in [1.807, 2.05) is 12.1 Å². The predicted molar refractivity (Wildman–Crippen MR) is 135 cm³/mol. The van der Waals surface area contributed by atoms with E-state index in [0.29, 0.717) is 18.5 Å². The van der Waals surface area contributed by atoms with Crippen LogP contribution in [0.1, 0.15) is 24.2 Å². The summed E-state index contributed by atoms with van der Waals surface area (Å²) in [5, 5.41) is 6.78. The lowest BCUT2D eigenvalue weighted by Crippen LogP contribution is -2.45. The summed E-state index contributed by atoms with van der Waals surface area (Å²) < 4.78 is 5.39. The number of likely N-dealkylation sites (tertiary alicyclic amines) is 1. The van der Waals surface area contributed by atoms with Crippen LogP contribution in [-0.2, 0) is 17.8 Å². The van der Waals surface area contributed by atoms with Crippen LogP contribution in [0.3, 0.4) is 0 Å². The van der Waals surface area contributed by atoms with Crippen molar-refractivity contribution < 1.29 is 9.21 Å².